The highest BCUT2D eigenvalue weighted by Crippen LogP contribution is 2.21. The molecule has 3 rings (SSSR count). The van der Waals surface area contributed by atoms with Crippen molar-refractivity contribution in [3.8, 4) is 11.4 Å². The van der Waals surface area contributed by atoms with Crippen LogP contribution in [0, 0.1) is 5.82 Å². The molecular formula is C17H14BrFN4O3S. The molecule has 2 heterocycles. The molecule has 2 N–H and O–H groups in total. The summed E-state index contributed by atoms with van der Waals surface area (Å²) in [7, 11) is 0. The number of benzene rings is 1. The summed E-state index contributed by atoms with van der Waals surface area (Å²) in [5.74, 6) is -0.289. The quantitative estimate of drug-likeness (QED) is 0.557. The van der Waals surface area contributed by atoms with Crippen LogP contribution in [-0.2, 0) is 11.2 Å². The van der Waals surface area contributed by atoms with E-state index in [1.165, 1.54) is 23.5 Å². The number of hydrogen-bond donors (Lipinski definition) is 2. The van der Waals surface area contributed by atoms with E-state index < -0.39 is 0 Å². The standard InChI is InChI=1S/C17H14BrFN4O3S/c18-13-9-8-12(27-13)17(25)22-21-14(24)2-1-3-15-20-16(23-26-15)10-4-6-11(19)7-5-10/h4-9H,1-3H2,(H,21,24)(H,22,25). The Kier molecular flexibility index (Phi) is 6.30. The zero-order chi connectivity index (χ0) is 19.2. The number of halogens is 2. The molecule has 2 aromatic heterocycles. The Morgan fingerprint density at radius 2 is 1.93 bits per heavy atom. The first-order valence-electron chi connectivity index (χ1n) is 7.94. The van der Waals surface area contributed by atoms with E-state index in [1.807, 2.05) is 0 Å². The van der Waals surface area contributed by atoms with Crippen molar-refractivity contribution in [3.05, 3.63) is 56.8 Å². The normalized spacial score (nSPS) is 10.6. The number of hydrogen-bond acceptors (Lipinski definition) is 6. The van der Waals surface area contributed by atoms with Gasteiger partial charge in [-0.15, -0.1) is 11.3 Å². The van der Waals surface area contributed by atoms with Gasteiger partial charge in [0.1, 0.15) is 5.82 Å². The molecule has 10 heteroatoms. The van der Waals surface area contributed by atoms with Gasteiger partial charge in [-0.3, -0.25) is 20.4 Å². The van der Waals surface area contributed by atoms with Gasteiger partial charge in [0, 0.05) is 18.4 Å². The van der Waals surface area contributed by atoms with E-state index in [1.54, 1.807) is 24.3 Å². The van der Waals surface area contributed by atoms with Crippen LogP contribution in [-0.4, -0.2) is 22.0 Å². The molecule has 0 spiro atoms. The minimum absolute atomic E-state index is 0.183. The Hall–Kier alpha value is -2.59. The fraction of sp³-hybridized carbons (Fsp3) is 0.176. The van der Waals surface area contributed by atoms with Crippen LogP contribution in [0.1, 0.15) is 28.4 Å². The topological polar surface area (TPSA) is 97.1 Å². The zero-order valence-corrected chi connectivity index (χ0v) is 16.3. The summed E-state index contributed by atoms with van der Waals surface area (Å²) in [6, 6.07) is 9.17. The number of aryl methyl sites for hydroxylation is 1. The lowest BCUT2D eigenvalue weighted by atomic mass is 10.2. The first-order chi connectivity index (χ1) is 13.0. The second-order valence-corrected chi connectivity index (χ2v) is 7.94. The lowest BCUT2D eigenvalue weighted by Gasteiger charge is -2.05. The first kappa shape index (κ1) is 19.2. The second kappa shape index (κ2) is 8.87. The lowest BCUT2D eigenvalue weighted by molar-refractivity contribution is -0.121. The number of amides is 2. The van der Waals surface area contributed by atoms with Crippen molar-refractivity contribution >= 4 is 39.1 Å². The van der Waals surface area contributed by atoms with Crippen molar-refractivity contribution in [3.63, 3.8) is 0 Å². The highest BCUT2D eigenvalue weighted by Gasteiger charge is 2.11. The molecule has 0 fully saturated rings. The molecule has 0 saturated carbocycles. The molecule has 2 amide bonds. The average molecular weight is 453 g/mol. The number of carbonyl (C=O) groups excluding carboxylic acids is 2. The van der Waals surface area contributed by atoms with Crippen molar-refractivity contribution in [2.75, 3.05) is 0 Å². The highest BCUT2D eigenvalue weighted by atomic mass is 79.9. The Labute approximate surface area is 166 Å². The molecule has 0 atom stereocenters. The van der Waals surface area contributed by atoms with E-state index in [0.29, 0.717) is 35.0 Å². The molecule has 0 radical (unpaired) electrons. The van der Waals surface area contributed by atoms with Crippen molar-refractivity contribution < 1.29 is 18.5 Å². The molecule has 7 nitrogen and oxygen atoms in total. The van der Waals surface area contributed by atoms with E-state index >= 15 is 0 Å². The van der Waals surface area contributed by atoms with Gasteiger partial charge in [0.15, 0.2) is 0 Å². The monoisotopic (exact) mass is 452 g/mol. The fourth-order valence-electron chi connectivity index (χ4n) is 2.16. The van der Waals surface area contributed by atoms with Crippen LogP contribution in [0.2, 0.25) is 0 Å². The lowest BCUT2D eigenvalue weighted by Crippen LogP contribution is -2.41. The predicted octanol–water partition coefficient (Wildman–Crippen LogP) is 3.48. The van der Waals surface area contributed by atoms with Crippen molar-refractivity contribution in [2.45, 2.75) is 19.3 Å². The largest absolute Gasteiger partial charge is 0.339 e. The van der Waals surface area contributed by atoms with Crippen LogP contribution >= 0.6 is 27.3 Å². The maximum atomic E-state index is 12.9. The van der Waals surface area contributed by atoms with Gasteiger partial charge >= 0.3 is 0 Å². The number of carbonyl (C=O) groups is 2. The van der Waals surface area contributed by atoms with E-state index in [2.05, 4.69) is 36.9 Å². The van der Waals surface area contributed by atoms with Crippen LogP contribution < -0.4 is 10.9 Å². The number of aromatic nitrogens is 2. The molecular weight excluding hydrogens is 439 g/mol. The Bertz CT molecular complexity index is 942. The number of hydrazine groups is 1. The molecule has 0 aliphatic rings. The summed E-state index contributed by atoms with van der Waals surface area (Å²) in [6.45, 7) is 0. The maximum absolute atomic E-state index is 12.9. The van der Waals surface area contributed by atoms with Gasteiger partial charge in [0.2, 0.25) is 17.6 Å². The summed E-state index contributed by atoms with van der Waals surface area (Å²) < 4.78 is 18.9. The minimum Gasteiger partial charge on any atom is -0.339 e. The fourth-order valence-corrected chi connectivity index (χ4v) is 3.44. The van der Waals surface area contributed by atoms with E-state index in [-0.39, 0.29) is 24.1 Å². The first-order valence-corrected chi connectivity index (χ1v) is 9.55. The summed E-state index contributed by atoms with van der Waals surface area (Å²) in [5, 5.41) is 3.84. The molecule has 3 aromatic rings. The van der Waals surface area contributed by atoms with E-state index in [9.17, 15) is 14.0 Å². The third kappa shape index (κ3) is 5.44. The molecule has 0 bridgehead atoms. The van der Waals surface area contributed by atoms with Gasteiger partial charge in [0.25, 0.3) is 5.91 Å². The van der Waals surface area contributed by atoms with Crippen molar-refractivity contribution in [2.24, 2.45) is 0 Å². The molecule has 140 valence electrons. The van der Waals surface area contributed by atoms with Gasteiger partial charge < -0.3 is 4.52 Å². The van der Waals surface area contributed by atoms with Gasteiger partial charge in [-0.2, -0.15) is 4.98 Å². The van der Waals surface area contributed by atoms with Crippen molar-refractivity contribution in [1.29, 1.82) is 0 Å². The van der Waals surface area contributed by atoms with Crippen LogP contribution in [0.5, 0.6) is 0 Å². The molecule has 0 aliphatic carbocycles. The summed E-state index contributed by atoms with van der Waals surface area (Å²) in [5.41, 5.74) is 5.37. The predicted molar refractivity (Wildman–Crippen MR) is 100 cm³/mol. The van der Waals surface area contributed by atoms with E-state index in [0.717, 1.165) is 3.79 Å². The SMILES string of the molecule is O=C(CCCc1nc(-c2ccc(F)cc2)no1)NNC(=O)c1ccc(Br)s1. The number of nitrogens with one attached hydrogen (secondary N) is 2. The van der Waals surface area contributed by atoms with Crippen LogP contribution in [0.4, 0.5) is 4.39 Å². The van der Waals surface area contributed by atoms with Gasteiger partial charge in [-0.05, 0) is 58.7 Å². The number of nitrogens with zero attached hydrogens (tertiary/aromatic N) is 2. The van der Waals surface area contributed by atoms with Gasteiger partial charge in [-0.25, -0.2) is 4.39 Å². The third-order valence-electron chi connectivity index (χ3n) is 3.48. The summed E-state index contributed by atoms with van der Waals surface area (Å²) >= 11 is 4.54. The molecule has 0 saturated heterocycles. The average Bonchev–Trinajstić information content (AvgIpc) is 3.30. The van der Waals surface area contributed by atoms with Gasteiger partial charge in [-0.1, -0.05) is 5.16 Å². The zero-order valence-electron chi connectivity index (χ0n) is 13.9. The Morgan fingerprint density at radius 3 is 2.63 bits per heavy atom. The Balaban J connectivity index is 1.41. The smallest absolute Gasteiger partial charge is 0.279 e. The Morgan fingerprint density at radius 1 is 1.15 bits per heavy atom. The van der Waals surface area contributed by atoms with Crippen LogP contribution in [0.3, 0.4) is 0 Å². The second-order valence-electron chi connectivity index (χ2n) is 5.48. The third-order valence-corrected chi connectivity index (χ3v) is 5.10. The molecule has 0 aliphatic heterocycles. The highest BCUT2D eigenvalue weighted by molar-refractivity contribution is 9.11. The van der Waals surface area contributed by atoms with Gasteiger partial charge in [0.05, 0.1) is 8.66 Å². The summed E-state index contributed by atoms with van der Waals surface area (Å²) in [4.78, 5) is 28.3. The number of thiophene rings is 1. The molecule has 0 unspecified atom stereocenters. The van der Waals surface area contributed by atoms with E-state index in [4.69, 9.17) is 4.52 Å². The maximum Gasteiger partial charge on any atom is 0.279 e. The minimum atomic E-state index is -0.375. The summed E-state index contributed by atoms with van der Waals surface area (Å²) in [6.07, 6.45) is 1.06. The molecule has 1 aromatic carbocycles. The molecule has 27 heavy (non-hydrogen) atoms. The van der Waals surface area contributed by atoms with Crippen LogP contribution in [0.25, 0.3) is 11.4 Å². The number of rotatable bonds is 6. The van der Waals surface area contributed by atoms with Crippen molar-refractivity contribution in [1.82, 2.24) is 21.0 Å². The van der Waals surface area contributed by atoms with Crippen LogP contribution in [0.15, 0.2) is 44.7 Å².